The topological polar surface area (TPSA) is 64.3 Å². The predicted molar refractivity (Wildman–Crippen MR) is 108 cm³/mol. The summed E-state index contributed by atoms with van der Waals surface area (Å²) in [7, 11) is 0. The SMILES string of the molecule is O=C(NCCCN1CCCC1)N1CCC[C@H](Cc2nc3ccccc3[nH]2)C1. The highest BCUT2D eigenvalue weighted by molar-refractivity contribution is 5.75. The Kier molecular flexibility index (Phi) is 5.92. The van der Waals surface area contributed by atoms with Gasteiger partial charge in [0.15, 0.2) is 0 Å². The van der Waals surface area contributed by atoms with Gasteiger partial charge in [-0.15, -0.1) is 0 Å². The molecule has 2 aliphatic rings. The van der Waals surface area contributed by atoms with Crippen LogP contribution in [0.15, 0.2) is 24.3 Å². The quantitative estimate of drug-likeness (QED) is 0.770. The lowest BCUT2D eigenvalue weighted by atomic mass is 9.95. The van der Waals surface area contributed by atoms with Gasteiger partial charge in [-0.05, 0) is 69.8 Å². The number of piperidine rings is 1. The van der Waals surface area contributed by atoms with E-state index in [9.17, 15) is 4.79 Å². The second kappa shape index (κ2) is 8.74. The van der Waals surface area contributed by atoms with Gasteiger partial charge in [0.1, 0.15) is 5.82 Å². The average Bonchev–Trinajstić information content (AvgIpc) is 3.34. The molecule has 0 spiro atoms. The molecule has 1 aromatic heterocycles. The number of carbonyl (C=O) groups is 1. The normalized spacial score (nSPS) is 21.0. The number of fused-ring (bicyclic) bond motifs is 1. The first-order valence-corrected chi connectivity index (χ1v) is 10.5. The summed E-state index contributed by atoms with van der Waals surface area (Å²) in [6.45, 7) is 6.03. The molecule has 2 saturated heterocycles. The van der Waals surface area contributed by atoms with E-state index in [2.05, 4.69) is 21.3 Å². The number of amides is 2. The molecule has 0 radical (unpaired) electrons. The predicted octanol–water partition coefficient (Wildman–Crippen LogP) is 3.01. The van der Waals surface area contributed by atoms with Crippen LogP contribution in [0.3, 0.4) is 0 Å². The first-order chi connectivity index (χ1) is 13.3. The van der Waals surface area contributed by atoms with E-state index in [1.165, 1.54) is 25.9 Å². The Morgan fingerprint density at radius 1 is 1.19 bits per heavy atom. The Labute approximate surface area is 161 Å². The molecule has 0 aliphatic carbocycles. The third kappa shape index (κ3) is 4.80. The summed E-state index contributed by atoms with van der Waals surface area (Å²) in [5.41, 5.74) is 2.12. The smallest absolute Gasteiger partial charge is 0.317 e. The minimum Gasteiger partial charge on any atom is -0.342 e. The van der Waals surface area contributed by atoms with Gasteiger partial charge in [-0.3, -0.25) is 0 Å². The van der Waals surface area contributed by atoms with Crippen molar-refractivity contribution in [1.82, 2.24) is 25.1 Å². The molecule has 6 nitrogen and oxygen atoms in total. The second-order valence-electron chi connectivity index (χ2n) is 7.99. The van der Waals surface area contributed by atoms with Crippen molar-refractivity contribution >= 4 is 17.1 Å². The lowest BCUT2D eigenvalue weighted by Gasteiger charge is -2.32. The molecule has 2 amide bonds. The zero-order chi connectivity index (χ0) is 18.5. The van der Waals surface area contributed by atoms with Crippen LogP contribution in [0.1, 0.15) is 37.9 Å². The Balaban J connectivity index is 1.22. The van der Waals surface area contributed by atoms with Gasteiger partial charge in [0.05, 0.1) is 11.0 Å². The number of benzene rings is 1. The molecule has 0 saturated carbocycles. The third-order valence-corrected chi connectivity index (χ3v) is 5.85. The van der Waals surface area contributed by atoms with Crippen molar-refractivity contribution in [2.75, 3.05) is 39.3 Å². The molecule has 146 valence electrons. The van der Waals surface area contributed by atoms with Crippen molar-refractivity contribution in [3.63, 3.8) is 0 Å². The molecule has 3 heterocycles. The highest BCUT2D eigenvalue weighted by Gasteiger charge is 2.24. The number of imidazole rings is 1. The molecule has 1 aromatic carbocycles. The molecule has 0 unspecified atom stereocenters. The van der Waals surface area contributed by atoms with E-state index in [1.54, 1.807) is 0 Å². The highest BCUT2D eigenvalue weighted by Crippen LogP contribution is 2.21. The van der Waals surface area contributed by atoms with Gasteiger partial charge in [0.25, 0.3) is 0 Å². The number of nitrogens with zero attached hydrogens (tertiary/aromatic N) is 3. The molecule has 2 aromatic rings. The van der Waals surface area contributed by atoms with Gasteiger partial charge >= 0.3 is 6.03 Å². The number of para-hydroxylation sites is 2. The number of H-pyrrole nitrogens is 1. The molecule has 6 heteroatoms. The van der Waals surface area contributed by atoms with Crippen LogP contribution in [0.4, 0.5) is 4.79 Å². The van der Waals surface area contributed by atoms with E-state index in [0.29, 0.717) is 5.92 Å². The fourth-order valence-corrected chi connectivity index (χ4v) is 4.41. The lowest BCUT2D eigenvalue weighted by molar-refractivity contribution is 0.164. The molecular formula is C21H31N5O. The zero-order valence-corrected chi connectivity index (χ0v) is 16.1. The molecule has 0 bridgehead atoms. The molecular weight excluding hydrogens is 338 g/mol. The number of nitrogens with one attached hydrogen (secondary N) is 2. The van der Waals surface area contributed by atoms with Crippen molar-refractivity contribution < 1.29 is 4.79 Å². The van der Waals surface area contributed by atoms with Crippen molar-refractivity contribution in [2.24, 2.45) is 5.92 Å². The molecule has 1 atom stereocenters. The number of likely N-dealkylation sites (tertiary alicyclic amines) is 2. The van der Waals surface area contributed by atoms with E-state index < -0.39 is 0 Å². The van der Waals surface area contributed by atoms with Crippen LogP contribution in [-0.4, -0.2) is 65.1 Å². The Morgan fingerprint density at radius 3 is 2.89 bits per heavy atom. The lowest BCUT2D eigenvalue weighted by Crippen LogP contribution is -2.46. The number of hydrogen-bond donors (Lipinski definition) is 2. The fraction of sp³-hybridized carbons (Fsp3) is 0.619. The minimum absolute atomic E-state index is 0.103. The van der Waals surface area contributed by atoms with Gasteiger partial charge in [-0.2, -0.15) is 0 Å². The largest absolute Gasteiger partial charge is 0.342 e. The Bertz CT molecular complexity index is 719. The minimum atomic E-state index is 0.103. The summed E-state index contributed by atoms with van der Waals surface area (Å²) in [4.78, 5) is 25.1. The fourth-order valence-electron chi connectivity index (χ4n) is 4.41. The van der Waals surface area contributed by atoms with Gasteiger partial charge < -0.3 is 20.1 Å². The van der Waals surface area contributed by atoms with Crippen LogP contribution >= 0.6 is 0 Å². The number of carbonyl (C=O) groups excluding carboxylic acids is 1. The molecule has 2 N–H and O–H groups in total. The highest BCUT2D eigenvalue weighted by atomic mass is 16.2. The number of aromatic amines is 1. The van der Waals surface area contributed by atoms with Gasteiger partial charge in [-0.25, -0.2) is 9.78 Å². The summed E-state index contributed by atoms with van der Waals surface area (Å²) in [6.07, 6.45) is 6.84. The monoisotopic (exact) mass is 369 g/mol. The second-order valence-corrected chi connectivity index (χ2v) is 7.99. The summed E-state index contributed by atoms with van der Waals surface area (Å²) in [5, 5.41) is 3.12. The number of aromatic nitrogens is 2. The van der Waals surface area contributed by atoms with Crippen LogP contribution in [0.5, 0.6) is 0 Å². The van der Waals surface area contributed by atoms with E-state index in [1.807, 2.05) is 23.1 Å². The van der Waals surface area contributed by atoms with Crippen LogP contribution in [0, 0.1) is 5.92 Å². The number of rotatable bonds is 6. The summed E-state index contributed by atoms with van der Waals surface area (Å²) < 4.78 is 0. The van der Waals surface area contributed by atoms with Crippen molar-refractivity contribution in [3.05, 3.63) is 30.1 Å². The summed E-state index contributed by atoms with van der Waals surface area (Å²) in [6, 6.07) is 8.25. The van der Waals surface area contributed by atoms with Crippen LogP contribution in [0.25, 0.3) is 11.0 Å². The van der Waals surface area contributed by atoms with Gasteiger partial charge in [0.2, 0.25) is 0 Å². The molecule has 2 fully saturated rings. The number of hydrogen-bond acceptors (Lipinski definition) is 3. The summed E-state index contributed by atoms with van der Waals surface area (Å²) >= 11 is 0. The number of urea groups is 1. The zero-order valence-electron chi connectivity index (χ0n) is 16.1. The van der Waals surface area contributed by atoms with Gasteiger partial charge in [0, 0.05) is 26.1 Å². The van der Waals surface area contributed by atoms with E-state index in [-0.39, 0.29) is 6.03 Å². The van der Waals surface area contributed by atoms with Crippen molar-refractivity contribution in [2.45, 2.75) is 38.5 Å². The Morgan fingerprint density at radius 2 is 2.04 bits per heavy atom. The summed E-state index contributed by atoms with van der Waals surface area (Å²) in [5.74, 6) is 1.52. The Hall–Kier alpha value is -2.08. The maximum Gasteiger partial charge on any atom is 0.317 e. The molecule has 2 aliphatic heterocycles. The first kappa shape index (κ1) is 18.3. The van der Waals surface area contributed by atoms with Crippen LogP contribution in [0.2, 0.25) is 0 Å². The van der Waals surface area contributed by atoms with Crippen molar-refractivity contribution in [3.8, 4) is 0 Å². The van der Waals surface area contributed by atoms with E-state index in [0.717, 1.165) is 68.7 Å². The van der Waals surface area contributed by atoms with Crippen LogP contribution < -0.4 is 5.32 Å². The first-order valence-electron chi connectivity index (χ1n) is 10.5. The average molecular weight is 370 g/mol. The van der Waals surface area contributed by atoms with Gasteiger partial charge in [-0.1, -0.05) is 12.1 Å². The molecule has 27 heavy (non-hydrogen) atoms. The van der Waals surface area contributed by atoms with Crippen molar-refractivity contribution in [1.29, 1.82) is 0 Å². The maximum absolute atomic E-state index is 12.5. The van der Waals surface area contributed by atoms with E-state index >= 15 is 0 Å². The standard InChI is InChI=1S/C21H31N5O/c27-21(22-10-6-13-25-11-3-4-12-25)26-14-5-7-17(16-26)15-20-23-18-8-1-2-9-19(18)24-20/h1-2,8-9,17H,3-7,10-16H2,(H,22,27)(H,23,24)/t17-/m1/s1. The third-order valence-electron chi connectivity index (χ3n) is 5.85. The maximum atomic E-state index is 12.5. The molecule has 4 rings (SSSR count). The van der Waals surface area contributed by atoms with E-state index in [4.69, 9.17) is 4.98 Å². The van der Waals surface area contributed by atoms with Crippen LogP contribution in [-0.2, 0) is 6.42 Å².